The van der Waals surface area contributed by atoms with Gasteiger partial charge in [0.2, 0.25) is 5.88 Å². The Hall–Kier alpha value is -3.40. The van der Waals surface area contributed by atoms with Crippen molar-refractivity contribution in [2.75, 3.05) is 14.2 Å². The van der Waals surface area contributed by atoms with Gasteiger partial charge in [-0.05, 0) is 13.0 Å². The first-order valence-corrected chi connectivity index (χ1v) is 7.45. The number of allylic oxidation sites excluding steroid dienone is 1. The minimum Gasteiger partial charge on any atom is -0.493 e. The maximum atomic E-state index is 12.5. The zero-order valence-corrected chi connectivity index (χ0v) is 14.0. The molecule has 0 saturated heterocycles. The standard InChI is InChI=1S/C18H16N2O5/c1-9-7-13-15(18(21)24-9)14(11(8-19)17(20)25-13)10-5-4-6-12(22-2)16(10)23-3/h4-7,14H,20H2,1-3H3/t14-/m1/s1. The molecule has 0 saturated carbocycles. The van der Waals surface area contributed by atoms with E-state index in [0.717, 1.165) is 0 Å². The van der Waals surface area contributed by atoms with Gasteiger partial charge < -0.3 is 24.4 Å². The highest BCUT2D eigenvalue weighted by molar-refractivity contribution is 5.60. The summed E-state index contributed by atoms with van der Waals surface area (Å²) in [7, 11) is 2.99. The second kappa shape index (κ2) is 6.24. The fraction of sp³-hybridized carbons (Fsp3) is 0.222. The molecule has 0 spiro atoms. The van der Waals surface area contributed by atoms with E-state index in [4.69, 9.17) is 24.4 Å². The van der Waals surface area contributed by atoms with Gasteiger partial charge in [-0.1, -0.05) is 12.1 Å². The van der Waals surface area contributed by atoms with Gasteiger partial charge in [0, 0.05) is 11.6 Å². The van der Waals surface area contributed by atoms with Crippen molar-refractivity contribution in [2.45, 2.75) is 12.8 Å². The SMILES string of the molecule is COc1cccc([C@@H]2C(C#N)=C(N)Oc3cc(C)oc(=O)c32)c1OC. The summed E-state index contributed by atoms with van der Waals surface area (Å²) < 4.78 is 21.5. The number of fused-ring (bicyclic) bond motifs is 1. The summed E-state index contributed by atoms with van der Waals surface area (Å²) in [5, 5.41) is 9.58. The Morgan fingerprint density at radius 3 is 2.68 bits per heavy atom. The van der Waals surface area contributed by atoms with E-state index in [1.165, 1.54) is 14.2 Å². The molecule has 2 aromatic rings. The third-order valence-corrected chi connectivity index (χ3v) is 4.00. The molecule has 25 heavy (non-hydrogen) atoms. The molecule has 128 valence electrons. The van der Waals surface area contributed by atoms with Crippen molar-refractivity contribution in [3.63, 3.8) is 0 Å². The second-order valence-corrected chi connectivity index (χ2v) is 5.43. The van der Waals surface area contributed by atoms with Crippen LogP contribution in [0.4, 0.5) is 0 Å². The van der Waals surface area contributed by atoms with Gasteiger partial charge >= 0.3 is 5.63 Å². The number of para-hydroxylation sites is 1. The van der Waals surface area contributed by atoms with Crippen LogP contribution in [-0.4, -0.2) is 14.2 Å². The molecule has 0 aliphatic carbocycles. The Morgan fingerprint density at radius 1 is 1.28 bits per heavy atom. The highest BCUT2D eigenvalue weighted by Gasteiger charge is 2.36. The van der Waals surface area contributed by atoms with Crippen molar-refractivity contribution in [1.29, 1.82) is 5.26 Å². The monoisotopic (exact) mass is 340 g/mol. The first-order valence-electron chi connectivity index (χ1n) is 7.45. The molecule has 0 bridgehead atoms. The smallest absolute Gasteiger partial charge is 0.343 e. The molecule has 3 rings (SSSR count). The lowest BCUT2D eigenvalue weighted by atomic mass is 9.83. The second-order valence-electron chi connectivity index (χ2n) is 5.43. The van der Waals surface area contributed by atoms with E-state index >= 15 is 0 Å². The van der Waals surface area contributed by atoms with Crippen molar-refractivity contribution in [3.8, 4) is 23.3 Å². The Morgan fingerprint density at radius 2 is 2.04 bits per heavy atom. The third-order valence-electron chi connectivity index (χ3n) is 4.00. The van der Waals surface area contributed by atoms with Crippen molar-refractivity contribution in [3.05, 3.63) is 63.0 Å². The van der Waals surface area contributed by atoms with E-state index in [9.17, 15) is 10.1 Å². The molecule has 1 aliphatic rings. The molecule has 7 heteroatoms. The van der Waals surface area contributed by atoms with Crippen LogP contribution in [0, 0.1) is 18.3 Å². The first kappa shape index (κ1) is 16.5. The van der Waals surface area contributed by atoms with Crippen molar-refractivity contribution in [2.24, 2.45) is 5.73 Å². The molecule has 1 atom stereocenters. The van der Waals surface area contributed by atoms with Crippen molar-refractivity contribution >= 4 is 0 Å². The number of nitriles is 1. The number of rotatable bonds is 3. The molecule has 0 unspecified atom stereocenters. The summed E-state index contributed by atoms with van der Waals surface area (Å²) in [6.45, 7) is 1.63. The lowest BCUT2D eigenvalue weighted by Crippen LogP contribution is -2.26. The molecule has 0 radical (unpaired) electrons. The predicted octanol–water partition coefficient (Wildman–Crippen LogP) is 2.18. The number of hydrogen-bond donors (Lipinski definition) is 1. The molecule has 0 fully saturated rings. The molecule has 1 aromatic heterocycles. The van der Waals surface area contributed by atoms with Crippen LogP contribution in [0.1, 0.15) is 22.8 Å². The Balaban J connectivity index is 2.36. The van der Waals surface area contributed by atoms with Crippen molar-refractivity contribution in [1.82, 2.24) is 0 Å². The topological polar surface area (TPSA) is 108 Å². The maximum absolute atomic E-state index is 12.5. The van der Waals surface area contributed by atoms with E-state index in [1.54, 1.807) is 31.2 Å². The van der Waals surface area contributed by atoms with Gasteiger partial charge in [0.15, 0.2) is 11.5 Å². The highest BCUT2D eigenvalue weighted by atomic mass is 16.5. The largest absolute Gasteiger partial charge is 0.493 e. The number of methoxy groups -OCH3 is 2. The summed E-state index contributed by atoms with van der Waals surface area (Å²) in [5.41, 5.74) is 6.19. The lowest BCUT2D eigenvalue weighted by molar-refractivity contribution is 0.346. The van der Waals surface area contributed by atoms with Crippen LogP contribution in [0.3, 0.4) is 0 Å². The number of hydrogen-bond acceptors (Lipinski definition) is 7. The lowest BCUT2D eigenvalue weighted by Gasteiger charge is -2.26. The zero-order chi connectivity index (χ0) is 18.1. The molecule has 1 aromatic carbocycles. The third kappa shape index (κ3) is 2.58. The van der Waals surface area contributed by atoms with Gasteiger partial charge in [0.05, 0.1) is 25.7 Å². The van der Waals surface area contributed by atoms with E-state index < -0.39 is 11.5 Å². The number of benzene rings is 1. The Labute approximate surface area is 143 Å². The number of nitrogens with zero attached hydrogens (tertiary/aromatic N) is 1. The molecule has 1 aliphatic heterocycles. The minimum atomic E-state index is -0.782. The van der Waals surface area contributed by atoms with E-state index in [0.29, 0.717) is 22.8 Å². The van der Waals surface area contributed by atoms with E-state index in [2.05, 4.69) is 0 Å². The molecule has 7 nitrogen and oxygen atoms in total. The predicted molar refractivity (Wildman–Crippen MR) is 88.6 cm³/mol. The average Bonchev–Trinajstić information content (AvgIpc) is 2.59. The molecule has 2 heterocycles. The average molecular weight is 340 g/mol. The molecular weight excluding hydrogens is 324 g/mol. The van der Waals surface area contributed by atoms with Crippen LogP contribution >= 0.6 is 0 Å². The zero-order valence-electron chi connectivity index (χ0n) is 14.0. The summed E-state index contributed by atoms with van der Waals surface area (Å²) in [6, 6.07) is 8.80. The van der Waals surface area contributed by atoms with Crippen molar-refractivity contribution < 1.29 is 18.6 Å². The van der Waals surface area contributed by atoms with Gasteiger partial charge in [-0.15, -0.1) is 0 Å². The molecule has 0 amide bonds. The van der Waals surface area contributed by atoms with Crippen LogP contribution in [0.2, 0.25) is 0 Å². The fourth-order valence-corrected chi connectivity index (χ4v) is 2.97. The van der Waals surface area contributed by atoms with Crippen LogP contribution in [0.25, 0.3) is 0 Å². The Kier molecular flexibility index (Phi) is 4.11. The highest BCUT2D eigenvalue weighted by Crippen LogP contribution is 2.45. The summed E-state index contributed by atoms with van der Waals surface area (Å²) in [6.07, 6.45) is 0. The maximum Gasteiger partial charge on any atom is 0.343 e. The Bertz CT molecular complexity index is 968. The number of ether oxygens (including phenoxy) is 3. The van der Waals surface area contributed by atoms with Crippen LogP contribution in [-0.2, 0) is 0 Å². The van der Waals surface area contributed by atoms with E-state index in [-0.39, 0.29) is 22.8 Å². The fourth-order valence-electron chi connectivity index (χ4n) is 2.97. The van der Waals surface area contributed by atoms with Crippen LogP contribution in [0.5, 0.6) is 17.2 Å². The normalized spacial score (nSPS) is 15.8. The van der Waals surface area contributed by atoms with Gasteiger partial charge in [-0.3, -0.25) is 0 Å². The number of nitrogens with two attached hydrogens (primary N) is 1. The molecule has 2 N–H and O–H groups in total. The van der Waals surface area contributed by atoms with Crippen LogP contribution < -0.4 is 25.6 Å². The van der Waals surface area contributed by atoms with Gasteiger partial charge in [-0.25, -0.2) is 4.79 Å². The molecular formula is C18H16N2O5. The minimum absolute atomic E-state index is 0.0603. The first-order chi connectivity index (χ1) is 12.0. The van der Waals surface area contributed by atoms with Crippen LogP contribution in [0.15, 0.2) is 44.9 Å². The van der Waals surface area contributed by atoms with Gasteiger partial charge in [-0.2, -0.15) is 5.26 Å². The summed E-state index contributed by atoms with van der Waals surface area (Å²) in [5.74, 6) is 0.683. The van der Waals surface area contributed by atoms with E-state index in [1.807, 2.05) is 6.07 Å². The summed E-state index contributed by atoms with van der Waals surface area (Å²) in [4.78, 5) is 12.5. The number of aryl methyl sites for hydroxylation is 1. The quantitative estimate of drug-likeness (QED) is 0.912. The van der Waals surface area contributed by atoms with Gasteiger partial charge in [0.25, 0.3) is 0 Å². The summed E-state index contributed by atoms with van der Waals surface area (Å²) >= 11 is 0. The van der Waals surface area contributed by atoms with Gasteiger partial charge in [0.1, 0.15) is 23.2 Å².